The molecule has 0 bridgehead atoms. The number of carbonyl (C=O) groups is 1. The van der Waals surface area contributed by atoms with E-state index in [1.54, 1.807) is 22.9 Å². The van der Waals surface area contributed by atoms with Crippen molar-refractivity contribution in [3.05, 3.63) is 58.6 Å². The van der Waals surface area contributed by atoms with Gasteiger partial charge in [-0.15, -0.1) is 0 Å². The number of hydrogen-bond donors (Lipinski definition) is 2. The van der Waals surface area contributed by atoms with Crippen LogP contribution in [-0.2, 0) is 12.1 Å². The van der Waals surface area contributed by atoms with Gasteiger partial charge in [0.2, 0.25) is 0 Å². The van der Waals surface area contributed by atoms with Crippen LogP contribution < -0.4 is 5.32 Å². The summed E-state index contributed by atoms with van der Waals surface area (Å²) in [6.07, 6.45) is 4.90. The van der Waals surface area contributed by atoms with Gasteiger partial charge in [0.15, 0.2) is 11.5 Å². The maximum Gasteiger partial charge on any atom is 0.273 e. The summed E-state index contributed by atoms with van der Waals surface area (Å²) in [5.41, 5.74) is 1.07. The summed E-state index contributed by atoms with van der Waals surface area (Å²) in [5, 5.41) is 31.2. The second-order valence-corrected chi connectivity index (χ2v) is 8.33. The molecule has 31 heavy (non-hydrogen) atoms. The average Bonchev–Trinajstić information content (AvgIpc) is 3.49. The van der Waals surface area contributed by atoms with Gasteiger partial charge in [0.25, 0.3) is 5.91 Å². The molecule has 1 atom stereocenters. The predicted octanol–water partition coefficient (Wildman–Crippen LogP) is 3.64. The van der Waals surface area contributed by atoms with E-state index in [0.29, 0.717) is 35.7 Å². The van der Waals surface area contributed by atoms with Crippen molar-refractivity contribution in [1.82, 2.24) is 20.3 Å². The Bertz CT molecular complexity index is 1140. The summed E-state index contributed by atoms with van der Waals surface area (Å²) in [6.45, 7) is 2.31. The summed E-state index contributed by atoms with van der Waals surface area (Å²) >= 11 is 6.10. The van der Waals surface area contributed by atoms with Gasteiger partial charge >= 0.3 is 0 Å². The summed E-state index contributed by atoms with van der Waals surface area (Å²) < 4.78 is 6.97. The fraction of sp³-hybridized carbons (Fsp3) is 0.364. The molecule has 0 saturated heterocycles. The van der Waals surface area contributed by atoms with Crippen LogP contribution in [0.3, 0.4) is 0 Å². The minimum Gasteiger partial charge on any atom is -0.382 e. The van der Waals surface area contributed by atoms with Crippen molar-refractivity contribution in [1.29, 1.82) is 5.26 Å². The Morgan fingerprint density at radius 3 is 2.87 bits per heavy atom. The average molecular weight is 440 g/mol. The van der Waals surface area contributed by atoms with E-state index in [-0.39, 0.29) is 17.6 Å². The topological polar surface area (TPSA) is 117 Å². The Morgan fingerprint density at radius 2 is 2.16 bits per heavy atom. The number of nitrogens with zero attached hydrogens (tertiary/aromatic N) is 4. The van der Waals surface area contributed by atoms with Gasteiger partial charge in [-0.2, -0.15) is 10.4 Å². The van der Waals surface area contributed by atoms with Crippen molar-refractivity contribution in [2.45, 2.75) is 50.8 Å². The third-order valence-corrected chi connectivity index (χ3v) is 5.81. The summed E-state index contributed by atoms with van der Waals surface area (Å²) in [6, 6.07) is 10.3. The van der Waals surface area contributed by atoms with E-state index in [1.165, 1.54) is 6.07 Å². The van der Waals surface area contributed by atoms with E-state index < -0.39 is 5.60 Å². The molecule has 2 heterocycles. The lowest BCUT2D eigenvalue weighted by Crippen LogP contribution is -2.36. The number of aliphatic hydroxyl groups is 1. The number of carbonyl (C=O) groups excluding carboxylic acids is 1. The van der Waals surface area contributed by atoms with Gasteiger partial charge in [-0.25, -0.2) is 0 Å². The molecule has 0 unspecified atom stereocenters. The lowest BCUT2D eigenvalue weighted by atomic mass is 9.99. The lowest BCUT2D eigenvalue weighted by molar-refractivity contribution is 0.0163. The third-order valence-electron chi connectivity index (χ3n) is 5.50. The number of halogens is 1. The van der Waals surface area contributed by atoms with E-state index >= 15 is 0 Å². The molecule has 2 N–H and O–H groups in total. The van der Waals surface area contributed by atoms with Crippen LogP contribution in [0.2, 0.25) is 5.02 Å². The highest BCUT2D eigenvalue weighted by Gasteiger charge is 2.37. The van der Waals surface area contributed by atoms with Crippen LogP contribution in [0.4, 0.5) is 0 Å². The number of hydrogen-bond acceptors (Lipinski definition) is 6. The molecule has 0 aliphatic heterocycles. The van der Waals surface area contributed by atoms with E-state index in [4.69, 9.17) is 21.4 Å². The molecule has 1 aromatic carbocycles. The van der Waals surface area contributed by atoms with Crippen LogP contribution in [0, 0.1) is 11.3 Å². The number of nitrogens with one attached hydrogen (secondary N) is 1. The number of aromatic nitrogens is 3. The van der Waals surface area contributed by atoms with E-state index in [2.05, 4.69) is 15.6 Å². The fourth-order valence-corrected chi connectivity index (χ4v) is 4.04. The lowest BCUT2D eigenvalue weighted by Gasteiger charge is -2.17. The highest BCUT2D eigenvalue weighted by atomic mass is 35.5. The Balaban J connectivity index is 1.38. The summed E-state index contributed by atoms with van der Waals surface area (Å²) in [5.74, 6) is -0.0176. The first-order valence-corrected chi connectivity index (χ1v) is 10.5. The second kappa shape index (κ2) is 8.53. The Morgan fingerprint density at radius 1 is 1.39 bits per heavy atom. The van der Waals surface area contributed by atoms with Crippen molar-refractivity contribution < 1.29 is 14.4 Å². The highest BCUT2D eigenvalue weighted by Crippen LogP contribution is 2.38. The van der Waals surface area contributed by atoms with Crippen molar-refractivity contribution in [2.24, 2.45) is 0 Å². The highest BCUT2D eigenvalue weighted by molar-refractivity contribution is 6.32. The smallest absolute Gasteiger partial charge is 0.273 e. The molecule has 1 fully saturated rings. The zero-order valence-electron chi connectivity index (χ0n) is 17.0. The number of amides is 1. The quantitative estimate of drug-likeness (QED) is 0.605. The zero-order valence-corrected chi connectivity index (χ0v) is 17.8. The standard InChI is InChI=1S/C22H22ClN5O3/c1-14(25-21(29)19-11-20(31-27-19)22(30)7-2-3-8-22)13-28-9-6-18(26-28)15-4-5-16(12-24)17(23)10-15/h4-6,9-11,14,30H,2-3,7-8,13H2,1H3,(H,25,29)/t14-/m0/s1. The van der Waals surface area contributed by atoms with E-state index in [0.717, 1.165) is 24.1 Å². The van der Waals surface area contributed by atoms with Crippen LogP contribution in [0.25, 0.3) is 11.3 Å². The molecule has 2 aromatic heterocycles. The van der Waals surface area contributed by atoms with Crippen LogP contribution in [0.1, 0.15) is 54.4 Å². The second-order valence-electron chi connectivity index (χ2n) is 7.92. The minimum absolute atomic E-state index is 0.149. The van der Waals surface area contributed by atoms with Gasteiger partial charge in [0.05, 0.1) is 22.8 Å². The molecule has 4 rings (SSSR count). The van der Waals surface area contributed by atoms with Gasteiger partial charge in [-0.1, -0.05) is 22.8 Å². The minimum atomic E-state index is -1.02. The Kier molecular flexibility index (Phi) is 5.81. The normalized spacial score (nSPS) is 16.1. The van der Waals surface area contributed by atoms with Crippen molar-refractivity contribution in [2.75, 3.05) is 0 Å². The number of rotatable bonds is 6. The molecule has 160 valence electrons. The molecule has 3 aromatic rings. The van der Waals surface area contributed by atoms with Gasteiger partial charge in [-0.05, 0) is 50.8 Å². The summed E-state index contributed by atoms with van der Waals surface area (Å²) in [7, 11) is 0. The third kappa shape index (κ3) is 4.48. The maximum absolute atomic E-state index is 12.5. The molecular formula is C22H22ClN5O3. The molecule has 9 heteroatoms. The number of nitriles is 1. The Labute approximate surface area is 184 Å². The van der Waals surface area contributed by atoms with Gasteiger partial charge in [0, 0.05) is 23.9 Å². The van der Waals surface area contributed by atoms with Gasteiger partial charge in [0.1, 0.15) is 11.7 Å². The molecule has 1 amide bonds. The van der Waals surface area contributed by atoms with Gasteiger partial charge in [-0.3, -0.25) is 9.48 Å². The van der Waals surface area contributed by atoms with E-state index in [1.807, 2.05) is 25.3 Å². The van der Waals surface area contributed by atoms with Crippen LogP contribution in [-0.4, -0.2) is 32.0 Å². The van der Waals surface area contributed by atoms with Crippen molar-refractivity contribution in [3.63, 3.8) is 0 Å². The summed E-state index contributed by atoms with van der Waals surface area (Å²) in [4.78, 5) is 12.5. The van der Waals surface area contributed by atoms with Crippen LogP contribution >= 0.6 is 11.6 Å². The monoisotopic (exact) mass is 439 g/mol. The van der Waals surface area contributed by atoms with Gasteiger partial charge < -0.3 is 14.9 Å². The molecule has 0 radical (unpaired) electrons. The predicted molar refractivity (Wildman–Crippen MR) is 113 cm³/mol. The van der Waals surface area contributed by atoms with E-state index in [9.17, 15) is 9.90 Å². The van der Waals surface area contributed by atoms with Crippen molar-refractivity contribution in [3.8, 4) is 17.3 Å². The fourth-order valence-electron chi connectivity index (χ4n) is 3.81. The molecule has 1 aliphatic carbocycles. The first kappa shape index (κ1) is 21.1. The largest absolute Gasteiger partial charge is 0.382 e. The first-order valence-electron chi connectivity index (χ1n) is 10.1. The molecule has 0 spiro atoms. The first-order chi connectivity index (χ1) is 14.9. The maximum atomic E-state index is 12.5. The van der Waals surface area contributed by atoms with Crippen LogP contribution in [0.15, 0.2) is 41.1 Å². The molecule has 1 saturated carbocycles. The Hall–Kier alpha value is -3.15. The van der Waals surface area contributed by atoms with Crippen molar-refractivity contribution >= 4 is 17.5 Å². The molecule has 8 nitrogen and oxygen atoms in total. The van der Waals surface area contributed by atoms with Crippen LogP contribution in [0.5, 0.6) is 0 Å². The number of benzene rings is 1. The molecule has 1 aliphatic rings. The zero-order chi connectivity index (χ0) is 22.0. The SMILES string of the molecule is C[C@@H](Cn1ccc(-c2ccc(C#N)c(Cl)c2)n1)NC(=O)c1cc(C2(O)CCCC2)on1. The molecular weight excluding hydrogens is 418 g/mol.